The standard InChI is InChI=1S/C15H19ClN4O2/c1-10(2)20-9-13(7-18-20)19-15(22)17-8-14(21)11-3-5-12(16)6-4-11/h3-7,9-10,14,21H,8H2,1-2H3,(H2,17,19,22). The molecule has 0 aliphatic heterocycles. The van der Waals surface area contributed by atoms with Crippen LogP contribution in [0.25, 0.3) is 0 Å². The number of carbonyl (C=O) groups excluding carboxylic acids is 1. The van der Waals surface area contributed by atoms with Crippen LogP contribution in [0, 0.1) is 0 Å². The van der Waals surface area contributed by atoms with Crippen molar-refractivity contribution in [2.45, 2.75) is 26.0 Å². The number of aliphatic hydroxyl groups is 1. The number of nitrogens with zero attached hydrogens (tertiary/aromatic N) is 2. The van der Waals surface area contributed by atoms with E-state index in [4.69, 9.17) is 11.6 Å². The molecule has 0 saturated heterocycles. The molecule has 3 N–H and O–H groups in total. The topological polar surface area (TPSA) is 79.2 Å². The molecular weight excluding hydrogens is 304 g/mol. The molecule has 0 aliphatic rings. The monoisotopic (exact) mass is 322 g/mol. The fraction of sp³-hybridized carbons (Fsp3) is 0.333. The molecule has 118 valence electrons. The Morgan fingerprint density at radius 1 is 1.36 bits per heavy atom. The first-order valence-electron chi connectivity index (χ1n) is 6.98. The second kappa shape index (κ2) is 7.29. The molecular formula is C15H19ClN4O2. The Kier molecular flexibility index (Phi) is 5.41. The molecule has 2 rings (SSSR count). The summed E-state index contributed by atoms with van der Waals surface area (Å²) in [5, 5.41) is 20.0. The molecule has 6 nitrogen and oxygen atoms in total. The molecule has 0 bridgehead atoms. The van der Waals surface area contributed by atoms with E-state index >= 15 is 0 Å². The van der Waals surface area contributed by atoms with Gasteiger partial charge in [0.15, 0.2) is 0 Å². The minimum absolute atomic E-state index is 0.103. The van der Waals surface area contributed by atoms with Gasteiger partial charge in [-0.3, -0.25) is 4.68 Å². The van der Waals surface area contributed by atoms with Crippen molar-refractivity contribution in [2.24, 2.45) is 0 Å². The van der Waals surface area contributed by atoms with E-state index in [2.05, 4.69) is 15.7 Å². The van der Waals surface area contributed by atoms with Crippen LogP contribution in [0.3, 0.4) is 0 Å². The Bertz CT molecular complexity index is 625. The van der Waals surface area contributed by atoms with Crippen molar-refractivity contribution in [3.63, 3.8) is 0 Å². The zero-order valence-corrected chi connectivity index (χ0v) is 13.2. The number of carbonyl (C=O) groups is 1. The van der Waals surface area contributed by atoms with Crippen LogP contribution in [0.5, 0.6) is 0 Å². The van der Waals surface area contributed by atoms with E-state index in [1.54, 1.807) is 41.3 Å². The Morgan fingerprint density at radius 2 is 2.05 bits per heavy atom. The second-order valence-electron chi connectivity index (χ2n) is 5.21. The van der Waals surface area contributed by atoms with Crippen LogP contribution in [0.4, 0.5) is 10.5 Å². The second-order valence-corrected chi connectivity index (χ2v) is 5.64. The van der Waals surface area contributed by atoms with Gasteiger partial charge in [-0.25, -0.2) is 4.79 Å². The largest absolute Gasteiger partial charge is 0.387 e. The van der Waals surface area contributed by atoms with Gasteiger partial charge >= 0.3 is 6.03 Å². The molecule has 0 fully saturated rings. The fourth-order valence-corrected chi connectivity index (χ4v) is 1.98. The maximum absolute atomic E-state index is 11.8. The van der Waals surface area contributed by atoms with Crippen LogP contribution in [-0.2, 0) is 0 Å². The lowest BCUT2D eigenvalue weighted by atomic mass is 10.1. The zero-order chi connectivity index (χ0) is 16.1. The van der Waals surface area contributed by atoms with E-state index in [9.17, 15) is 9.90 Å². The number of nitrogens with one attached hydrogen (secondary N) is 2. The highest BCUT2D eigenvalue weighted by Gasteiger charge is 2.10. The summed E-state index contributed by atoms with van der Waals surface area (Å²) >= 11 is 5.79. The summed E-state index contributed by atoms with van der Waals surface area (Å²) < 4.78 is 1.75. The quantitative estimate of drug-likeness (QED) is 0.791. The molecule has 22 heavy (non-hydrogen) atoms. The Morgan fingerprint density at radius 3 is 2.64 bits per heavy atom. The van der Waals surface area contributed by atoms with Crippen molar-refractivity contribution < 1.29 is 9.90 Å². The number of urea groups is 1. The summed E-state index contributed by atoms with van der Waals surface area (Å²) in [5.74, 6) is 0. The van der Waals surface area contributed by atoms with E-state index in [-0.39, 0.29) is 12.6 Å². The summed E-state index contributed by atoms with van der Waals surface area (Å²) in [7, 11) is 0. The number of aliphatic hydroxyl groups excluding tert-OH is 1. The van der Waals surface area contributed by atoms with Crippen molar-refractivity contribution >= 4 is 23.3 Å². The zero-order valence-electron chi connectivity index (χ0n) is 12.5. The average Bonchev–Trinajstić information content (AvgIpc) is 2.94. The first-order chi connectivity index (χ1) is 10.5. The van der Waals surface area contributed by atoms with Crippen LogP contribution in [0.1, 0.15) is 31.6 Å². The van der Waals surface area contributed by atoms with E-state index in [1.165, 1.54) is 0 Å². The highest BCUT2D eigenvalue weighted by Crippen LogP contribution is 2.16. The van der Waals surface area contributed by atoms with Crippen molar-refractivity contribution in [2.75, 3.05) is 11.9 Å². The van der Waals surface area contributed by atoms with Gasteiger partial charge in [0.05, 0.1) is 18.0 Å². The minimum Gasteiger partial charge on any atom is -0.387 e. The van der Waals surface area contributed by atoms with Gasteiger partial charge in [-0.2, -0.15) is 5.10 Å². The summed E-state index contributed by atoms with van der Waals surface area (Å²) in [6, 6.07) is 6.67. The van der Waals surface area contributed by atoms with E-state index < -0.39 is 12.1 Å². The number of benzene rings is 1. The molecule has 1 unspecified atom stereocenters. The molecule has 1 aromatic carbocycles. The van der Waals surface area contributed by atoms with Crippen LogP contribution in [-0.4, -0.2) is 27.5 Å². The summed E-state index contributed by atoms with van der Waals surface area (Å²) in [6.45, 7) is 4.10. The number of aromatic nitrogens is 2. The lowest BCUT2D eigenvalue weighted by Crippen LogP contribution is -2.32. The Balaban J connectivity index is 1.83. The molecule has 1 heterocycles. The van der Waals surface area contributed by atoms with Gasteiger partial charge in [0.2, 0.25) is 0 Å². The third-order valence-corrected chi connectivity index (χ3v) is 3.35. The SMILES string of the molecule is CC(C)n1cc(NC(=O)NCC(O)c2ccc(Cl)cc2)cn1. The summed E-state index contributed by atoms with van der Waals surface area (Å²) in [5.41, 5.74) is 1.30. The lowest BCUT2D eigenvalue weighted by Gasteiger charge is -2.12. The number of hydrogen-bond donors (Lipinski definition) is 3. The molecule has 0 aliphatic carbocycles. The molecule has 7 heteroatoms. The average molecular weight is 323 g/mol. The Hall–Kier alpha value is -2.05. The normalized spacial score (nSPS) is 12.2. The van der Waals surface area contributed by atoms with Crippen molar-refractivity contribution in [3.05, 3.63) is 47.2 Å². The van der Waals surface area contributed by atoms with Gasteiger partial charge in [-0.05, 0) is 31.5 Å². The fourth-order valence-electron chi connectivity index (χ4n) is 1.85. The van der Waals surface area contributed by atoms with Gasteiger partial charge in [0.25, 0.3) is 0 Å². The van der Waals surface area contributed by atoms with Crippen LogP contribution >= 0.6 is 11.6 Å². The minimum atomic E-state index is -0.790. The number of amides is 2. The number of anilines is 1. The highest BCUT2D eigenvalue weighted by molar-refractivity contribution is 6.30. The molecule has 0 radical (unpaired) electrons. The molecule has 2 aromatic rings. The third kappa shape index (κ3) is 4.47. The van der Waals surface area contributed by atoms with E-state index in [0.29, 0.717) is 16.3 Å². The molecule has 1 atom stereocenters. The highest BCUT2D eigenvalue weighted by atomic mass is 35.5. The van der Waals surface area contributed by atoms with E-state index in [1.807, 2.05) is 13.8 Å². The smallest absolute Gasteiger partial charge is 0.319 e. The molecule has 0 spiro atoms. The van der Waals surface area contributed by atoms with Crippen LogP contribution < -0.4 is 10.6 Å². The predicted octanol–water partition coefficient (Wildman–Crippen LogP) is 2.97. The van der Waals surface area contributed by atoms with Gasteiger partial charge in [0.1, 0.15) is 0 Å². The molecule has 2 amide bonds. The maximum Gasteiger partial charge on any atom is 0.319 e. The van der Waals surface area contributed by atoms with Gasteiger partial charge < -0.3 is 15.7 Å². The number of hydrogen-bond acceptors (Lipinski definition) is 3. The van der Waals surface area contributed by atoms with Gasteiger partial charge in [-0.1, -0.05) is 23.7 Å². The first kappa shape index (κ1) is 16.3. The van der Waals surface area contributed by atoms with E-state index in [0.717, 1.165) is 0 Å². The molecule has 0 saturated carbocycles. The molecule has 1 aromatic heterocycles. The Labute approximate surface area is 134 Å². The predicted molar refractivity (Wildman–Crippen MR) is 86.0 cm³/mol. The van der Waals surface area contributed by atoms with Crippen molar-refractivity contribution in [3.8, 4) is 0 Å². The maximum atomic E-state index is 11.8. The number of halogens is 1. The third-order valence-electron chi connectivity index (χ3n) is 3.10. The summed E-state index contributed by atoms with van der Waals surface area (Å²) in [6.07, 6.45) is 2.54. The van der Waals surface area contributed by atoms with Crippen LogP contribution in [0.2, 0.25) is 5.02 Å². The number of rotatable bonds is 5. The van der Waals surface area contributed by atoms with Crippen molar-refractivity contribution in [1.29, 1.82) is 0 Å². The van der Waals surface area contributed by atoms with Gasteiger partial charge in [-0.15, -0.1) is 0 Å². The van der Waals surface area contributed by atoms with Gasteiger partial charge in [0, 0.05) is 23.8 Å². The van der Waals surface area contributed by atoms with Crippen LogP contribution in [0.15, 0.2) is 36.7 Å². The van der Waals surface area contributed by atoms with Crippen molar-refractivity contribution in [1.82, 2.24) is 15.1 Å². The summed E-state index contributed by atoms with van der Waals surface area (Å²) in [4.78, 5) is 11.8. The first-order valence-corrected chi connectivity index (χ1v) is 7.36. The lowest BCUT2D eigenvalue weighted by molar-refractivity contribution is 0.175.